The van der Waals surface area contributed by atoms with Gasteiger partial charge in [-0.15, -0.1) is 0 Å². The van der Waals surface area contributed by atoms with Crippen LogP contribution in [-0.2, 0) is 17.7 Å². The van der Waals surface area contributed by atoms with Gasteiger partial charge in [-0.05, 0) is 49.3 Å². The normalized spacial score (nSPS) is 18.2. The molecule has 1 saturated heterocycles. The summed E-state index contributed by atoms with van der Waals surface area (Å²) >= 11 is -1.12. The zero-order chi connectivity index (χ0) is 23.0. The first-order valence-corrected chi connectivity index (χ1v) is 12.7. The fourth-order valence-corrected chi connectivity index (χ4v) is 6.06. The van der Waals surface area contributed by atoms with Gasteiger partial charge in [-0.3, -0.25) is 9.88 Å². The minimum Gasteiger partial charge on any atom is -0.611 e. The Balaban J connectivity index is 1.40. The molecular formula is C25H30N4O3S. The molecule has 0 bridgehead atoms. The zero-order valence-corrected chi connectivity index (χ0v) is 19.9. The Morgan fingerprint density at radius 2 is 1.97 bits per heavy atom. The summed E-state index contributed by atoms with van der Waals surface area (Å²) in [6.45, 7) is 7.17. The number of aromatic nitrogens is 3. The summed E-state index contributed by atoms with van der Waals surface area (Å²) in [5.74, 6) is 1.59. The van der Waals surface area contributed by atoms with E-state index in [0.29, 0.717) is 13.2 Å². The first-order chi connectivity index (χ1) is 16.0. The molecule has 1 atom stereocenters. The standard InChI is InChI=1S/C25H30N4O3S/c1-25(2,17-30)29-11-8-18(9-12-29)33(31)19-6-7-23-20(15-19)24-27-22(16-28(24)13-14-32-23)21-5-3-4-10-26-21/h3-7,10,15-16,18,30H,8-9,11-14,17H2,1-2H3. The number of rotatable bonds is 5. The molecule has 5 rings (SSSR count). The van der Waals surface area contributed by atoms with Gasteiger partial charge >= 0.3 is 0 Å². The van der Waals surface area contributed by atoms with E-state index >= 15 is 0 Å². The fraction of sp³-hybridized carbons (Fsp3) is 0.440. The maximum atomic E-state index is 13.5. The maximum Gasteiger partial charge on any atom is 0.153 e. The number of imidazole rings is 1. The van der Waals surface area contributed by atoms with Gasteiger partial charge in [0.05, 0.1) is 24.4 Å². The second kappa shape index (κ2) is 9.10. The van der Waals surface area contributed by atoms with Gasteiger partial charge < -0.3 is 19.0 Å². The minimum atomic E-state index is -1.12. The Labute approximate surface area is 197 Å². The van der Waals surface area contributed by atoms with Gasteiger partial charge in [-0.2, -0.15) is 0 Å². The van der Waals surface area contributed by atoms with Gasteiger partial charge in [0, 0.05) is 49.9 Å². The van der Waals surface area contributed by atoms with Crippen LogP contribution in [0.5, 0.6) is 5.75 Å². The van der Waals surface area contributed by atoms with Crippen molar-refractivity contribution in [1.82, 2.24) is 19.4 Å². The number of ether oxygens (including phenoxy) is 1. The van der Waals surface area contributed by atoms with Crippen molar-refractivity contribution in [3.63, 3.8) is 0 Å². The van der Waals surface area contributed by atoms with Crippen LogP contribution < -0.4 is 4.74 Å². The van der Waals surface area contributed by atoms with E-state index in [1.807, 2.05) is 42.6 Å². The van der Waals surface area contributed by atoms with E-state index in [9.17, 15) is 9.66 Å². The van der Waals surface area contributed by atoms with Gasteiger partial charge in [0.15, 0.2) is 4.90 Å². The highest BCUT2D eigenvalue weighted by Gasteiger charge is 2.35. The number of hydrogen-bond donors (Lipinski definition) is 1. The summed E-state index contributed by atoms with van der Waals surface area (Å²) in [5, 5.41) is 9.77. The van der Waals surface area contributed by atoms with E-state index in [4.69, 9.17) is 9.72 Å². The molecule has 0 spiro atoms. The molecule has 2 aromatic heterocycles. The Morgan fingerprint density at radius 1 is 1.15 bits per heavy atom. The predicted molar refractivity (Wildman–Crippen MR) is 129 cm³/mol. The number of aliphatic hydroxyl groups excluding tert-OH is 1. The van der Waals surface area contributed by atoms with Crippen LogP contribution in [0.4, 0.5) is 0 Å². The van der Waals surface area contributed by atoms with Crippen molar-refractivity contribution >= 4 is 11.2 Å². The molecule has 174 valence electrons. The molecule has 7 nitrogen and oxygen atoms in total. The van der Waals surface area contributed by atoms with Crippen molar-refractivity contribution in [2.45, 2.75) is 48.9 Å². The van der Waals surface area contributed by atoms with Crippen molar-refractivity contribution in [2.75, 3.05) is 26.3 Å². The van der Waals surface area contributed by atoms with Gasteiger partial charge in [0.1, 0.15) is 29.1 Å². The molecule has 0 amide bonds. The second-order valence-electron chi connectivity index (χ2n) is 9.32. The summed E-state index contributed by atoms with van der Waals surface area (Å²) in [5.41, 5.74) is 2.29. The smallest absolute Gasteiger partial charge is 0.153 e. The van der Waals surface area contributed by atoms with Crippen molar-refractivity contribution in [2.24, 2.45) is 0 Å². The van der Waals surface area contributed by atoms with Crippen molar-refractivity contribution in [3.05, 3.63) is 48.8 Å². The van der Waals surface area contributed by atoms with Crippen molar-refractivity contribution in [3.8, 4) is 28.5 Å². The van der Waals surface area contributed by atoms with Gasteiger partial charge in [-0.1, -0.05) is 6.07 Å². The minimum absolute atomic E-state index is 0.101. The van der Waals surface area contributed by atoms with E-state index < -0.39 is 11.2 Å². The third-order valence-electron chi connectivity index (χ3n) is 6.71. The Hall–Kier alpha value is -2.39. The summed E-state index contributed by atoms with van der Waals surface area (Å²) in [6.07, 6.45) is 5.48. The van der Waals surface area contributed by atoms with Crippen LogP contribution in [0, 0.1) is 0 Å². The van der Waals surface area contributed by atoms with Gasteiger partial charge in [0.2, 0.25) is 0 Å². The monoisotopic (exact) mass is 466 g/mol. The van der Waals surface area contributed by atoms with Crippen molar-refractivity contribution in [1.29, 1.82) is 0 Å². The molecule has 0 radical (unpaired) electrons. The van der Waals surface area contributed by atoms with E-state index in [1.165, 1.54) is 0 Å². The number of nitrogens with zero attached hydrogens (tertiary/aromatic N) is 4. The van der Waals surface area contributed by atoms with Crippen LogP contribution >= 0.6 is 0 Å². The summed E-state index contributed by atoms with van der Waals surface area (Å²) < 4.78 is 21.6. The molecule has 0 saturated carbocycles. The van der Waals surface area contributed by atoms with E-state index in [-0.39, 0.29) is 17.4 Å². The topological polar surface area (TPSA) is 86.5 Å². The maximum absolute atomic E-state index is 13.5. The van der Waals surface area contributed by atoms with Crippen LogP contribution in [0.1, 0.15) is 26.7 Å². The molecule has 3 aromatic rings. The lowest BCUT2D eigenvalue weighted by molar-refractivity contribution is 0.0431. The van der Waals surface area contributed by atoms with E-state index in [2.05, 4.69) is 28.3 Å². The summed E-state index contributed by atoms with van der Waals surface area (Å²) in [7, 11) is 0. The Kier molecular flexibility index (Phi) is 6.18. The highest BCUT2D eigenvalue weighted by molar-refractivity contribution is 7.92. The molecule has 2 aliphatic heterocycles. The van der Waals surface area contributed by atoms with Gasteiger partial charge in [-0.25, -0.2) is 4.98 Å². The van der Waals surface area contributed by atoms with Crippen LogP contribution in [0.25, 0.3) is 22.8 Å². The predicted octanol–water partition coefficient (Wildman–Crippen LogP) is 3.35. The third kappa shape index (κ3) is 4.40. The molecule has 1 unspecified atom stereocenters. The van der Waals surface area contributed by atoms with Crippen molar-refractivity contribution < 1.29 is 14.4 Å². The Morgan fingerprint density at radius 3 is 2.70 bits per heavy atom. The highest BCUT2D eigenvalue weighted by Crippen LogP contribution is 2.37. The summed E-state index contributed by atoms with van der Waals surface area (Å²) in [6, 6.07) is 11.6. The molecule has 1 aromatic carbocycles. The van der Waals surface area contributed by atoms with E-state index in [1.54, 1.807) is 6.20 Å². The lowest BCUT2D eigenvalue weighted by Gasteiger charge is -2.41. The van der Waals surface area contributed by atoms with E-state index in [0.717, 1.165) is 59.4 Å². The number of aliphatic hydroxyl groups is 1. The molecular weight excluding hydrogens is 436 g/mol. The molecule has 1 N–H and O–H groups in total. The SMILES string of the molecule is CC(C)(CO)N1CCC([S+]([O-])c2ccc3c(c2)-c2nc(-c4ccccn4)cn2CCO3)CC1. The summed E-state index contributed by atoms with van der Waals surface area (Å²) in [4.78, 5) is 12.4. The van der Waals surface area contributed by atoms with Crippen LogP contribution in [-0.4, -0.2) is 66.2 Å². The molecule has 33 heavy (non-hydrogen) atoms. The largest absolute Gasteiger partial charge is 0.611 e. The van der Waals surface area contributed by atoms with Crippen LogP contribution in [0.3, 0.4) is 0 Å². The highest BCUT2D eigenvalue weighted by atomic mass is 32.2. The number of fused-ring (bicyclic) bond motifs is 3. The number of hydrogen-bond acceptors (Lipinski definition) is 6. The van der Waals surface area contributed by atoms with Gasteiger partial charge in [0.25, 0.3) is 0 Å². The first kappa shape index (κ1) is 22.4. The quantitative estimate of drug-likeness (QED) is 0.581. The Bertz CT molecular complexity index is 1110. The van der Waals surface area contributed by atoms with Crippen LogP contribution in [0.15, 0.2) is 53.7 Å². The number of pyridine rings is 1. The number of benzene rings is 1. The molecule has 4 heterocycles. The second-order valence-corrected chi connectivity index (χ2v) is 11.1. The third-order valence-corrected chi connectivity index (χ3v) is 8.50. The molecule has 1 fully saturated rings. The average Bonchev–Trinajstić information content (AvgIpc) is 3.21. The average molecular weight is 467 g/mol. The lowest BCUT2D eigenvalue weighted by Crippen LogP contribution is -2.52. The number of piperidine rings is 1. The molecule has 2 aliphatic rings. The molecule has 0 aliphatic carbocycles. The molecule has 8 heteroatoms. The van der Waals surface area contributed by atoms with Crippen LogP contribution in [0.2, 0.25) is 0 Å². The lowest BCUT2D eigenvalue weighted by atomic mass is 9.99. The fourth-order valence-electron chi connectivity index (χ4n) is 4.60. The number of likely N-dealkylation sites (tertiary alicyclic amines) is 1. The zero-order valence-electron chi connectivity index (χ0n) is 19.1. The first-order valence-electron chi connectivity index (χ1n) is 11.5.